The van der Waals surface area contributed by atoms with Gasteiger partial charge in [0.1, 0.15) is 11.9 Å². The summed E-state index contributed by atoms with van der Waals surface area (Å²) in [6.45, 7) is 7.67. The van der Waals surface area contributed by atoms with Gasteiger partial charge in [-0.2, -0.15) is 0 Å². The molecule has 2 rings (SSSR count). The van der Waals surface area contributed by atoms with Crippen LogP contribution in [0.5, 0.6) is 0 Å². The Kier molecular flexibility index (Phi) is 7.20. The number of morpholine rings is 1. The lowest BCUT2D eigenvalue weighted by Crippen LogP contribution is -2.46. The van der Waals surface area contributed by atoms with Crippen LogP contribution in [0.15, 0.2) is 18.3 Å². The van der Waals surface area contributed by atoms with E-state index in [2.05, 4.69) is 20.5 Å². The average molecular weight is 363 g/mol. The summed E-state index contributed by atoms with van der Waals surface area (Å²) >= 11 is 0. The highest BCUT2D eigenvalue weighted by atomic mass is 16.5. The van der Waals surface area contributed by atoms with Crippen LogP contribution >= 0.6 is 0 Å². The summed E-state index contributed by atoms with van der Waals surface area (Å²) in [7, 11) is 0. The van der Waals surface area contributed by atoms with Crippen LogP contribution in [0.4, 0.5) is 16.3 Å². The van der Waals surface area contributed by atoms with E-state index in [1.807, 2.05) is 32.9 Å². The molecule has 0 saturated carbocycles. The van der Waals surface area contributed by atoms with Crippen LogP contribution in [0.3, 0.4) is 0 Å². The summed E-state index contributed by atoms with van der Waals surface area (Å²) in [5, 5.41) is 5.28. The Hall–Kier alpha value is -2.35. The van der Waals surface area contributed by atoms with E-state index < -0.39 is 12.1 Å². The number of urea groups is 1. The SMILES string of the molecule is CCCCC(NC(N)=O)C(=O)Nc1ccc(N2CC(C)OC(C)C2)nc1. The number of amides is 3. The number of anilines is 2. The Bertz CT molecular complexity index is 597. The molecule has 1 aromatic heterocycles. The van der Waals surface area contributed by atoms with E-state index in [1.165, 1.54) is 0 Å². The summed E-state index contributed by atoms with van der Waals surface area (Å²) in [5.41, 5.74) is 5.75. The zero-order chi connectivity index (χ0) is 19.1. The normalized spacial score (nSPS) is 21.1. The van der Waals surface area contributed by atoms with Crippen LogP contribution in [0, 0.1) is 0 Å². The first-order valence-electron chi connectivity index (χ1n) is 9.12. The van der Waals surface area contributed by atoms with Gasteiger partial charge in [-0.1, -0.05) is 19.8 Å². The molecule has 1 aromatic rings. The third-order valence-electron chi connectivity index (χ3n) is 4.24. The van der Waals surface area contributed by atoms with Gasteiger partial charge in [-0.25, -0.2) is 9.78 Å². The van der Waals surface area contributed by atoms with Gasteiger partial charge in [-0.3, -0.25) is 4.79 Å². The van der Waals surface area contributed by atoms with Gasteiger partial charge in [0.25, 0.3) is 0 Å². The van der Waals surface area contributed by atoms with Crippen LogP contribution in [0.25, 0.3) is 0 Å². The second-order valence-electron chi connectivity index (χ2n) is 6.76. The first-order valence-corrected chi connectivity index (χ1v) is 9.12. The van der Waals surface area contributed by atoms with Crippen LogP contribution in [-0.2, 0) is 9.53 Å². The zero-order valence-electron chi connectivity index (χ0n) is 15.7. The Balaban J connectivity index is 1.98. The highest BCUT2D eigenvalue weighted by Gasteiger charge is 2.23. The Labute approximate surface area is 154 Å². The number of rotatable bonds is 7. The van der Waals surface area contributed by atoms with Crippen molar-refractivity contribution in [3.8, 4) is 0 Å². The summed E-state index contributed by atoms with van der Waals surface area (Å²) in [4.78, 5) is 30.1. The number of unbranched alkanes of at least 4 members (excludes halogenated alkanes) is 1. The number of nitrogens with zero attached hydrogens (tertiary/aromatic N) is 2. The molecule has 1 fully saturated rings. The maximum Gasteiger partial charge on any atom is 0.312 e. The number of nitrogens with one attached hydrogen (secondary N) is 2. The lowest BCUT2D eigenvalue weighted by atomic mass is 10.1. The average Bonchev–Trinajstić information content (AvgIpc) is 2.58. The quantitative estimate of drug-likeness (QED) is 0.685. The molecule has 0 radical (unpaired) electrons. The van der Waals surface area contributed by atoms with Crippen molar-refractivity contribution in [2.45, 2.75) is 58.3 Å². The van der Waals surface area contributed by atoms with E-state index >= 15 is 0 Å². The molecule has 3 amide bonds. The summed E-state index contributed by atoms with van der Waals surface area (Å²) < 4.78 is 5.73. The van der Waals surface area contributed by atoms with Crippen molar-refractivity contribution < 1.29 is 14.3 Å². The minimum absolute atomic E-state index is 0.152. The fourth-order valence-corrected chi connectivity index (χ4v) is 3.09. The molecule has 144 valence electrons. The van der Waals surface area contributed by atoms with Crippen molar-refractivity contribution in [2.24, 2.45) is 5.73 Å². The highest BCUT2D eigenvalue weighted by molar-refractivity contribution is 5.96. The van der Waals surface area contributed by atoms with Crippen molar-refractivity contribution in [3.05, 3.63) is 18.3 Å². The molecular formula is C18H29N5O3. The number of hydrogen-bond donors (Lipinski definition) is 3. The van der Waals surface area contributed by atoms with Gasteiger partial charge in [-0.15, -0.1) is 0 Å². The molecule has 1 saturated heterocycles. The standard InChI is InChI=1S/C18H29N5O3/c1-4-5-6-15(22-18(19)25)17(24)21-14-7-8-16(20-9-14)23-10-12(2)26-13(3)11-23/h7-9,12-13,15H,4-6,10-11H2,1-3H3,(H,21,24)(H3,19,22,25). The monoisotopic (exact) mass is 363 g/mol. The minimum atomic E-state index is -0.703. The maximum absolute atomic E-state index is 12.4. The van der Waals surface area contributed by atoms with Gasteiger partial charge >= 0.3 is 6.03 Å². The van der Waals surface area contributed by atoms with Crippen LogP contribution < -0.4 is 21.3 Å². The predicted octanol–water partition coefficient (Wildman–Crippen LogP) is 1.86. The molecule has 1 aliphatic heterocycles. The van der Waals surface area contributed by atoms with Crippen LogP contribution in [-0.4, -0.2) is 48.3 Å². The lowest BCUT2D eigenvalue weighted by Gasteiger charge is -2.36. The third-order valence-corrected chi connectivity index (χ3v) is 4.24. The molecule has 4 N–H and O–H groups in total. The Morgan fingerprint density at radius 3 is 2.58 bits per heavy atom. The molecular weight excluding hydrogens is 334 g/mol. The molecule has 0 aliphatic carbocycles. The number of carbonyl (C=O) groups excluding carboxylic acids is 2. The number of ether oxygens (including phenoxy) is 1. The number of carbonyl (C=O) groups is 2. The fourth-order valence-electron chi connectivity index (χ4n) is 3.09. The molecule has 8 nitrogen and oxygen atoms in total. The number of hydrogen-bond acceptors (Lipinski definition) is 5. The van der Waals surface area contributed by atoms with E-state index in [-0.39, 0.29) is 18.1 Å². The molecule has 2 heterocycles. The van der Waals surface area contributed by atoms with Gasteiger partial charge in [0, 0.05) is 13.1 Å². The van der Waals surface area contributed by atoms with Crippen molar-refractivity contribution in [2.75, 3.05) is 23.3 Å². The van der Waals surface area contributed by atoms with Crippen molar-refractivity contribution in [3.63, 3.8) is 0 Å². The molecule has 0 bridgehead atoms. The molecule has 0 aromatic carbocycles. The second kappa shape index (κ2) is 9.38. The third kappa shape index (κ3) is 5.87. The van der Waals surface area contributed by atoms with Crippen LogP contribution in [0.2, 0.25) is 0 Å². The number of primary amides is 1. The van der Waals surface area contributed by atoms with Crippen molar-refractivity contribution in [1.29, 1.82) is 0 Å². The molecule has 26 heavy (non-hydrogen) atoms. The topological polar surface area (TPSA) is 110 Å². The lowest BCUT2D eigenvalue weighted by molar-refractivity contribution is -0.118. The summed E-state index contributed by atoms with van der Waals surface area (Å²) in [5.74, 6) is 0.559. The number of aromatic nitrogens is 1. The molecule has 0 spiro atoms. The van der Waals surface area contributed by atoms with Gasteiger partial charge in [0.05, 0.1) is 24.1 Å². The number of pyridine rings is 1. The second-order valence-corrected chi connectivity index (χ2v) is 6.76. The van der Waals surface area contributed by atoms with E-state index in [1.54, 1.807) is 6.20 Å². The molecule has 3 unspecified atom stereocenters. The summed E-state index contributed by atoms with van der Waals surface area (Å²) in [6, 6.07) is 2.34. The van der Waals surface area contributed by atoms with Gasteiger partial charge in [0.15, 0.2) is 0 Å². The van der Waals surface area contributed by atoms with E-state index in [4.69, 9.17) is 10.5 Å². The van der Waals surface area contributed by atoms with Gasteiger partial charge in [-0.05, 0) is 32.4 Å². The maximum atomic E-state index is 12.4. The Morgan fingerprint density at radius 2 is 2.04 bits per heavy atom. The van der Waals surface area contributed by atoms with E-state index in [0.29, 0.717) is 12.1 Å². The zero-order valence-corrected chi connectivity index (χ0v) is 15.7. The molecule has 3 atom stereocenters. The van der Waals surface area contributed by atoms with Gasteiger partial charge in [0.2, 0.25) is 5.91 Å². The first-order chi connectivity index (χ1) is 12.4. The van der Waals surface area contributed by atoms with Crippen molar-refractivity contribution in [1.82, 2.24) is 10.3 Å². The Morgan fingerprint density at radius 1 is 1.35 bits per heavy atom. The predicted molar refractivity (Wildman–Crippen MR) is 101 cm³/mol. The minimum Gasteiger partial charge on any atom is -0.372 e. The fraction of sp³-hybridized carbons (Fsp3) is 0.611. The van der Waals surface area contributed by atoms with Crippen LogP contribution in [0.1, 0.15) is 40.0 Å². The van der Waals surface area contributed by atoms with Crippen molar-refractivity contribution >= 4 is 23.4 Å². The largest absolute Gasteiger partial charge is 0.372 e. The van der Waals surface area contributed by atoms with Gasteiger partial charge < -0.3 is 26.0 Å². The van der Waals surface area contributed by atoms with E-state index in [0.717, 1.165) is 31.7 Å². The first kappa shape index (κ1) is 20.0. The summed E-state index contributed by atoms with van der Waals surface area (Å²) in [6.07, 6.45) is 4.22. The molecule has 8 heteroatoms. The molecule has 1 aliphatic rings. The van der Waals surface area contributed by atoms with E-state index in [9.17, 15) is 9.59 Å². The highest BCUT2D eigenvalue weighted by Crippen LogP contribution is 2.20. The number of nitrogens with two attached hydrogens (primary N) is 1. The smallest absolute Gasteiger partial charge is 0.312 e.